The summed E-state index contributed by atoms with van der Waals surface area (Å²) in [6.07, 6.45) is 20.2. The van der Waals surface area contributed by atoms with Crippen molar-refractivity contribution >= 4 is 17.8 Å². The molecule has 0 radical (unpaired) electrons. The summed E-state index contributed by atoms with van der Waals surface area (Å²) in [6, 6.07) is -0.985. The Hall–Kier alpha value is -1.63. The Kier molecular flexibility index (Phi) is 19.2. The second kappa shape index (κ2) is 21.3. The number of hydrogen-bond donors (Lipinski definition) is 2. The standard InChI is InChI=1S/C30H56N2O5/c1-5-6-7-8-9-10-11-12-13-14-15-16-17-18-19-20-28(34)31-27(23-24(2)3)29(35)32-26-21-22-36-30(26)37-25(4)33/h24,26-27,30H,5-23H2,1-4H3,(H,31,34)(H,32,35)/t26-,27-,30-/m0/s1. The van der Waals surface area contributed by atoms with Crippen molar-refractivity contribution in [1.29, 1.82) is 0 Å². The van der Waals surface area contributed by atoms with Gasteiger partial charge in [0.1, 0.15) is 6.04 Å². The monoisotopic (exact) mass is 524 g/mol. The van der Waals surface area contributed by atoms with Gasteiger partial charge in [0.25, 0.3) is 0 Å². The average Bonchev–Trinajstić information content (AvgIpc) is 3.26. The Morgan fingerprint density at radius 2 is 1.35 bits per heavy atom. The third-order valence-corrected chi connectivity index (χ3v) is 7.02. The predicted molar refractivity (Wildman–Crippen MR) is 149 cm³/mol. The Bertz CT molecular complexity index is 625. The van der Waals surface area contributed by atoms with Crippen LogP contribution in [0.25, 0.3) is 0 Å². The van der Waals surface area contributed by atoms with Crippen LogP contribution in [-0.4, -0.2) is 42.8 Å². The maximum absolute atomic E-state index is 12.9. The Morgan fingerprint density at radius 3 is 1.84 bits per heavy atom. The van der Waals surface area contributed by atoms with Crippen LogP contribution < -0.4 is 10.6 Å². The van der Waals surface area contributed by atoms with E-state index < -0.39 is 24.3 Å². The summed E-state index contributed by atoms with van der Waals surface area (Å²) in [7, 11) is 0. The molecule has 0 aliphatic carbocycles. The number of nitrogens with one attached hydrogen (secondary N) is 2. The average molecular weight is 525 g/mol. The molecule has 216 valence electrons. The lowest BCUT2D eigenvalue weighted by molar-refractivity contribution is -0.170. The summed E-state index contributed by atoms with van der Waals surface area (Å²) in [5.74, 6) is -0.506. The van der Waals surface area contributed by atoms with E-state index in [4.69, 9.17) is 9.47 Å². The fourth-order valence-corrected chi connectivity index (χ4v) is 4.89. The van der Waals surface area contributed by atoms with Gasteiger partial charge in [-0.2, -0.15) is 0 Å². The van der Waals surface area contributed by atoms with Gasteiger partial charge in [-0.05, 0) is 25.2 Å². The smallest absolute Gasteiger partial charge is 0.305 e. The van der Waals surface area contributed by atoms with Crippen molar-refractivity contribution in [3.63, 3.8) is 0 Å². The quantitative estimate of drug-likeness (QED) is 0.123. The van der Waals surface area contributed by atoms with Crippen LogP contribution in [0.3, 0.4) is 0 Å². The molecule has 1 heterocycles. The van der Waals surface area contributed by atoms with Gasteiger partial charge in [0.15, 0.2) is 0 Å². The van der Waals surface area contributed by atoms with Crippen LogP contribution in [0, 0.1) is 5.92 Å². The highest BCUT2D eigenvalue weighted by molar-refractivity contribution is 5.87. The summed E-state index contributed by atoms with van der Waals surface area (Å²) in [5.41, 5.74) is 0. The normalized spacial score (nSPS) is 18.1. The summed E-state index contributed by atoms with van der Waals surface area (Å²) < 4.78 is 10.6. The van der Waals surface area contributed by atoms with E-state index in [1.165, 1.54) is 90.4 Å². The second-order valence-corrected chi connectivity index (χ2v) is 11.2. The lowest BCUT2D eigenvalue weighted by Crippen LogP contribution is -2.52. The zero-order valence-electron chi connectivity index (χ0n) is 24.3. The van der Waals surface area contributed by atoms with Gasteiger partial charge in [0, 0.05) is 13.3 Å². The fraction of sp³-hybridized carbons (Fsp3) is 0.900. The van der Waals surface area contributed by atoms with E-state index in [1.807, 2.05) is 13.8 Å². The van der Waals surface area contributed by atoms with E-state index in [0.29, 0.717) is 25.9 Å². The number of carbonyl (C=O) groups excluding carboxylic acids is 3. The van der Waals surface area contributed by atoms with Gasteiger partial charge in [-0.3, -0.25) is 14.4 Å². The first-order chi connectivity index (χ1) is 17.8. The molecule has 37 heavy (non-hydrogen) atoms. The van der Waals surface area contributed by atoms with Crippen molar-refractivity contribution in [3.8, 4) is 0 Å². The first-order valence-electron chi connectivity index (χ1n) is 15.2. The fourth-order valence-electron chi connectivity index (χ4n) is 4.89. The lowest BCUT2D eigenvalue weighted by Gasteiger charge is -2.24. The van der Waals surface area contributed by atoms with Gasteiger partial charge >= 0.3 is 5.97 Å². The molecule has 1 saturated heterocycles. The number of carbonyl (C=O) groups is 3. The minimum Gasteiger partial charge on any atom is -0.434 e. The van der Waals surface area contributed by atoms with Gasteiger partial charge in [-0.1, -0.05) is 111 Å². The van der Waals surface area contributed by atoms with Crippen LogP contribution in [-0.2, 0) is 23.9 Å². The zero-order valence-corrected chi connectivity index (χ0v) is 24.3. The SMILES string of the molecule is CCCCCCCCCCCCCCCCCC(=O)N[C@@H](CC(C)C)C(=O)N[C@H]1CCO[C@H]1OC(C)=O. The van der Waals surface area contributed by atoms with Crippen molar-refractivity contribution < 1.29 is 23.9 Å². The number of hydrogen-bond acceptors (Lipinski definition) is 5. The highest BCUT2D eigenvalue weighted by Crippen LogP contribution is 2.17. The number of rotatable bonds is 22. The lowest BCUT2D eigenvalue weighted by atomic mass is 10.0. The highest BCUT2D eigenvalue weighted by atomic mass is 16.7. The van der Waals surface area contributed by atoms with E-state index in [1.54, 1.807) is 0 Å². The van der Waals surface area contributed by atoms with Gasteiger partial charge in [-0.15, -0.1) is 0 Å². The molecular weight excluding hydrogens is 468 g/mol. The molecule has 0 aromatic heterocycles. The van der Waals surface area contributed by atoms with Gasteiger partial charge < -0.3 is 20.1 Å². The maximum atomic E-state index is 12.9. The van der Waals surface area contributed by atoms with E-state index in [-0.39, 0.29) is 17.7 Å². The summed E-state index contributed by atoms with van der Waals surface area (Å²) in [6.45, 7) is 8.06. The van der Waals surface area contributed by atoms with E-state index in [2.05, 4.69) is 17.6 Å². The molecule has 0 saturated carbocycles. The van der Waals surface area contributed by atoms with Crippen LogP contribution in [0.15, 0.2) is 0 Å². The maximum Gasteiger partial charge on any atom is 0.305 e. The van der Waals surface area contributed by atoms with Gasteiger partial charge in [-0.25, -0.2) is 0 Å². The van der Waals surface area contributed by atoms with Crippen molar-refractivity contribution in [2.45, 2.75) is 162 Å². The van der Waals surface area contributed by atoms with Gasteiger partial charge in [0.05, 0.1) is 12.6 Å². The first-order valence-corrected chi connectivity index (χ1v) is 15.2. The minimum absolute atomic E-state index is 0.0743. The Balaban J connectivity index is 2.14. The van der Waals surface area contributed by atoms with Crippen LogP contribution in [0.5, 0.6) is 0 Å². The minimum atomic E-state index is -0.767. The van der Waals surface area contributed by atoms with Crippen LogP contribution in [0.4, 0.5) is 0 Å². The first kappa shape index (κ1) is 33.4. The van der Waals surface area contributed by atoms with Crippen LogP contribution in [0.1, 0.15) is 143 Å². The molecule has 0 unspecified atom stereocenters. The largest absolute Gasteiger partial charge is 0.434 e. The third-order valence-electron chi connectivity index (χ3n) is 7.02. The molecule has 3 atom stereocenters. The van der Waals surface area contributed by atoms with Gasteiger partial charge in [0.2, 0.25) is 18.1 Å². The number of unbranched alkanes of at least 4 members (excludes halogenated alkanes) is 14. The van der Waals surface area contributed by atoms with Crippen LogP contribution in [0.2, 0.25) is 0 Å². The van der Waals surface area contributed by atoms with E-state index in [0.717, 1.165) is 12.8 Å². The van der Waals surface area contributed by atoms with Crippen molar-refractivity contribution in [2.75, 3.05) is 6.61 Å². The molecule has 1 aliphatic heterocycles. The molecule has 0 spiro atoms. The third kappa shape index (κ3) is 17.5. The molecule has 1 aliphatic rings. The molecule has 0 aromatic rings. The molecule has 0 bridgehead atoms. The molecule has 7 nitrogen and oxygen atoms in total. The second-order valence-electron chi connectivity index (χ2n) is 11.2. The topological polar surface area (TPSA) is 93.7 Å². The summed E-state index contributed by atoms with van der Waals surface area (Å²) in [4.78, 5) is 36.7. The highest BCUT2D eigenvalue weighted by Gasteiger charge is 2.34. The molecular formula is C30H56N2O5. The summed E-state index contributed by atoms with van der Waals surface area (Å²) >= 11 is 0. The van der Waals surface area contributed by atoms with Crippen molar-refractivity contribution in [2.24, 2.45) is 5.92 Å². The molecule has 7 heteroatoms. The molecule has 1 rings (SSSR count). The molecule has 0 aromatic carbocycles. The van der Waals surface area contributed by atoms with E-state index >= 15 is 0 Å². The van der Waals surface area contributed by atoms with Crippen molar-refractivity contribution in [1.82, 2.24) is 10.6 Å². The predicted octanol–water partition coefficient (Wildman–Crippen LogP) is 6.57. The number of esters is 1. The summed E-state index contributed by atoms with van der Waals surface area (Å²) in [5, 5.41) is 5.84. The van der Waals surface area contributed by atoms with Crippen LogP contribution >= 0.6 is 0 Å². The molecule has 1 fully saturated rings. The van der Waals surface area contributed by atoms with E-state index in [9.17, 15) is 14.4 Å². The molecule has 2 amide bonds. The number of amides is 2. The Morgan fingerprint density at radius 1 is 0.838 bits per heavy atom. The molecule has 2 N–H and O–H groups in total. The Labute approximate surface area is 226 Å². The van der Waals surface area contributed by atoms with Crippen molar-refractivity contribution in [3.05, 3.63) is 0 Å². The zero-order chi connectivity index (χ0) is 27.3. The number of ether oxygens (including phenoxy) is 2.